The van der Waals surface area contributed by atoms with E-state index in [-0.39, 0.29) is 15.2 Å². The van der Waals surface area contributed by atoms with E-state index in [0.717, 1.165) is 23.5 Å². The highest BCUT2D eigenvalue weighted by Crippen LogP contribution is 2.44. The summed E-state index contributed by atoms with van der Waals surface area (Å²) in [5.41, 5.74) is -3.18. The minimum atomic E-state index is -4.85. The van der Waals surface area contributed by atoms with E-state index in [2.05, 4.69) is 9.88 Å². The molecule has 2 aromatic carbocycles. The van der Waals surface area contributed by atoms with Crippen molar-refractivity contribution in [2.45, 2.75) is 31.7 Å². The largest absolute Gasteiger partial charge is 0.416 e. The summed E-state index contributed by atoms with van der Waals surface area (Å²) < 4.78 is 78.4. The van der Waals surface area contributed by atoms with Crippen LogP contribution < -0.4 is 10.5 Å². The second kappa shape index (κ2) is 9.19. The Bertz CT molecular complexity index is 1460. The number of hydrogen-bond donors (Lipinski definition) is 0. The van der Waals surface area contributed by atoms with E-state index in [9.17, 15) is 41.3 Å². The van der Waals surface area contributed by atoms with Crippen molar-refractivity contribution in [1.82, 2.24) is 9.88 Å². The Kier molecular flexibility index (Phi) is 6.37. The van der Waals surface area contributed by atoms with Crippen LogP contribution in [-0.2, 0) is 18.9 Å². The van der Waals surface area contributed by atoms with E-state index < -0.39 is 45.0 Å². The Balaban J connectivity index is 1.28. The summed E-state index contributed by atoms with van der Waals surface area (Å²) in [6.45, 7) is 2.77. The standard InChI is InChI=1S/C24H20F6N4O3S/c25-23(26,27)15-3-1-2-14(8-15)11-32-12-22(13-32)4-6-33(7-5-22)21-31-20(35)17-9-16(24(28,29)30)10-18(34(36)37)19(17)38-21/h1-3,8-10H,4-7,11-13H2. The van der Waals surface area contributed by atoms with Gasteiger partial charge >= 0.3 is 12.4 Å². The Morgan fingerprint density at radius 1 is 1.00 bits per heavy atom. The molecule has 2 saturated heterocycles. The maximum Gasteiger partial charge on any atom is 0.416 e. The van der Waals surface area contributed by atoms with Crippen LogP contribution in [0, 0.1) is 15.5 Å². The second-order valence-corrected chi connectivity index (χ2v) is 10.7. The molecule has 0 N–H and O–H groups in total. The number of nitro benzene ring substituents is 1. The summed E-state index contributed by atoms with van der Waals surface area (Å²) in [6.07, 6.45) is -7.83. The molecule has 7 nitrogen and oxygen atoms in total. The van der Waals surface area contributed by atoms with Crippen LogP contribution in [0.15, 0.2) is 41.2 Å². The molecule has 1 spiro atoms. The van der Waals surface area contributed by atoms with Crippen molar-refractivity contribution in [2.24, 2.45) is 5.41 Å². The number of likely N-dealkylation sites (tertiary alicyclic amines) is 1. The van der Waals surface area contributed by atoms with Crippen molar-refractivity contribution in [1.29, 1.82) is 0 Å². The number of nitro groups is 1. The zero-order valence-corrected chi connectivity index (χ0v) is 20.4. The molecular weight excluding hydrogens is 538 g/mol. The highest BCUT2D eigenvalue weighted by Gasteiger charge is 2.45. The van der Waals surface area contributed by atoms with Crippen LogP contribution in [0.3, 0.4) is 0 Å². The molecule has 0 atom stereocenters. The summed E-state index contributed by atoms with van der Waals surface area (Å²) in [5, 5.41) is 11.3. The van der Waals surface area contributed by atoms with Gasteiger partial charge in [0.25, 0.3) is 11.2 Å². The van der Waals surface area contributed by atoms with Crippen LogP contribution >= 0.6 is 11.3 Å². The molecule has 202 valence electrons. The molecule has 5 rings (SSSR count). The van der Waals surface area contributed by atoms with E-state index >= 15 is 0 Å². The Morgan fingerprint density at radius 3 is 2.26 bits per heavy atom. The van der Waals surface area contributed by atoms with Crippen molar-refractivity contribution < 1.29 is 31.3 Å². The van der Waals surface area contributed by atoms with E-state index in [1.165, 1.54) is 6.07 Å². The van der Waals surface area contributed by atoms with E-state index in [4.69, 9.17) is 0 Å². The van der Waals surface area contributed by atoms with E-state index in [1.54, 1.807) is 11.0 Å². The predicted octanol–water partition coefficient (Wildman–Crippen LogP) is 5.70. The molecule has 3 aromatic rings. The van der Waals surface area contributed by atoms with Gasteiger partial charge in [-0.2, -0.15) is 31.3 Å². The topological polar surface area (TPSA) is 79.6 Å². The smallest absolute Gasteiger partial charge is 0.348 e. The molecule has 0 saturated carbocycles. The minimum Gasteiger partial charge on any atom is -0.348 e. The normalized spacial score (nSPS) is 18.1. The van der Waals surface area contributed by atoms with Crippen molar-refractivity contribution in [3.63, 3.8) is 0 Å². The van der Waals surface area contributed by atoms with Gasteiger partial charge in [0.1, 0.15) is 4.70 Å². The fraction of sp³-hybridized carbons (Fsp3) is 0.417. The van der Waals surface area contributed by atoms with Gasteiger partial charge in [0, 0.05) is 38.8 Å². The van der Waals surface area contributed by atoms with Gasteiger partial charge < -0.3 is 4.90 Å². The number of rotatable bonds is 4. The molecule has 3 heterocycles. The van der Waals surface area contributed by atoms with E-state index in [0.29, 0.717) is 63.3 Å². The van der Waals surface area contributed by atoms with Gasteiger partial charge in [-0.05, 0) is 36.0 Å². The van der Waals surface area contributed by atoms with Gasteiger partial charge in [-0.25, -0.2) is 0 Å². The fourth-order valence-corrected chi connectivity index (χ4v) is 6.30. The number of non-ortho nitro benzene ring substituents is 1. The monoisotopic (exact) mass is 558 g/mol. The number of piperidine rings is 1. The van der Waals surface area contributed by atoms with Gasteiger partial charge in [0.2, 0.25) is 0 Å². The molecule has 2 aliphatic rings. The summed E-state index contributed by atoms with van der Waals surface area (Å²) in [6, 6.07) is 6.26. The average molecular weight is 559 g/mol. The zero-order chi connectivity index (χ0) is 27.5. The molecule has 2 aliphatic heterocycles. The lowest BCUT2D eigenvalue weighted by Crippen LogP contribution is -2.59. The molecular formula is C24H20F6N4O3S. The summed E-state index contributed by atoms with van der Waals surface area (Å²) >= 11 is 0.817. The highest BCUT2D eigenvalue weighted by atomic mass is 32.1. The SMILES string of the molecule is O=c1nc(N2CCC3(CC2)CN(Cc2cccc(C(F)(F)F)c2)C3)sc2c([N+](=O)[O-])cc(C(F)(F)F)cc12. The van der Waals surface area contributed by atoms with Gasteiger partial charge in [-0.15, -0.1) is 0 Å². The zero-order valence-electron chi connectivity index (χ0n) is 19.6. The average Bonchev–Trinajstić information content (AvgIpc) is 2.82. The first-order chi connectivity index (χ1) is 17.7. The van der Waals surface area contributed by atoms with Gasteiger partial charge in [-0.1, -0.05) is 29.5 Å². The summed E-state index contributed by atoms with van der Waals surface area (Å²) in [5.74, 6) is 0. The Hall–Kier alpha value is -3.26. The summed E-state index contributed by atoms with van der Waals surface area (Å²) in [7, 11) is 0. The third kappa shape index (κ3) is 5.06. The molecule has 0 bridgehead atoms. The first-order valence-corrected chi connectivity index (χ1v) is 12.4. The lowest BCUT2D eigenvalue weighted by Gasteiger charge is -2.54. The lowest BCUT2D eigenvalue weighted by atomic mass is 9.72. The molecule has 1 aromatic heterocycles. The van der Waals surface area contributed by atoms with Crippen molar-refractivity contribution in [2.75, 3.05) is 31.1 Å². The quantitative estimate of drug-likeness (QED) is 0.232. The number of benzene rings is 2. The van der Waals surface area contributed by atoms with Gasteiger partial charge in [0.05, 0.1) is 21.4 Å². The number of nitrogens with zero attached hydrogens (tertiary/aromatic N) is 4. The van der Waals surface area contributed by atoms with Crippen molar-refractivity contribution in [3.8, 4) is 0 Å². The van der Waals surface area contributed by atoms with Crippen molar-refractivity contribution in [3.05, 3.63) is 73.6 Å². The third-order valence-electron chi connectivity index (χ3n) is 7.09. The third-order valence-corrected chi connectivity index (χ3v) is 8.25. The molecule has 0 unspecified atom stereocenters. The van der Waals surface area contributed by atoms with Crippen LogP contribution in [-0.4, -0.2) is 41.0 Å². The highest BCUT2D eigenvalue weighted by molar-refractivity contribution is 7.22. The number of alkyl halides is 6. The summed E-state index contributed by atoms with van der Waals surface area (Å²) in [4.78, 5) is 31.0. The second-order valence-electron chi connectivity index (χ2n) is 9.76. The molecule has 0 radical (unpaired) electrons. The van der Waals surface area contributed by atoms with Crippen LogP contribution in [0.2, 0.25) is 0 Å². The van der Waals surface area contributed by atoms with Gasteiger partial charge in [0.15, 0.2) is 5.13 Å². The maximum atomic E-state index is 13.2. The maximum absolute atomic E-state index is 13.2. The number of hydrogen-bond acceptors (Lipinski definition) is 7. The van der Waals surface area contributed by atoms with Crippen LogP contribution in [0.1, 0.15) is 29.5 Å². The molecule has 38 heavy (non-hydrogen) atoms. The molecule has 0 aliphatic carbocycles. The van der Waals surface area contributed by atoms with E-state index in [1.807, 2.05) is 0 Å². The number of anilines is 1. The first kappa shape index (κ1) is 26.4. The lowest BCUT2D eigenvalue weighted by molar-refractivity contribution is -0.383. The molecule has 2 fully saturated rings. The van der Waals surface area contributed by atoms with Gasteiger partial charge in [-0.3, -0.25) is 19.8 Å². The number of fused-ring (bicyclic) bond motifs is 1. The fourth-order valence-electron chi connectivity index (χ4n) is 5.18. The van der Waals surface area contributed by atoms with Crippen LogP contribution in [0.4, 0.5) is 37.2 Å². The molecule has 14 heteroatoms. The minimum absolute atomic E-state index is 0.0342. The first-order valence-electron chi connectivity index (χ1n) is 11.6. The van der Waals surface area contributed by atoms with Crippen LogP contribution in [0.25, 0.3) is 10.1 Å². The van der Waals surface area contributed by atoms with Crippen molar-refractivity contribution >= 4 is 32.2 Å². The Labute approximate surface area is 215 Å². The molecule has 0 amide bonds. The predicted molar refractivity (Wildman–Crippen MR) is 128 cm³/mol. The number of aromatic nitrogens is 1. The number of halogens is 6. The Morgan fingerprint density at radius 2 is 1.66 bits per heavy atom. The van der Waals surface area contributed by atoms with Crippen LogP contribution in [0.5, 0.6) is 0 Å².